The van der Waals surface area contributed by atoms with Crippen molar-refractivity contribution in [1.82, 2.24) is 10.2 Å². The van der Waals surface area contributed by atoms with Crippen LogP contribution in [0.25, 0.3) is 0 Å². The molecule has 1 aromatic heterocycles. The fraction of sp³-hybridized carbons (Fsp3) is 0.733. The number of rotatable bonds is 10. The van der Waals surface area contributed by atoms with Crippen LogP contribution in [0.2, 0.25) is 0 Å². The lowest BCUT2D eigenvalue weighted by atomic mass is 10.1. The van der Waals surface area contributed by atoms with Gasteiger partial charge in [0.2, 0.25) is 0 Å². The van der Waals surface area contributed by atoms with E-state index in [0.717, 1.165) is 26.2 Å². The van der Waals surface area contributed by atoms with Gasteiger partial charge in [0.15, 0.2) is 0 Å². The Morgan fingerprint density at radius 3 is 2.67 bits per heavy atom. The zero-order valence-corrected chi connectivity index (χ0v) is 12.9. The van der Waals surface area contributed by atoms with Gasteiger partial charge in [-0.25, -0.2) is 0 Å². The van der Waals surface area contributed by atoms with Crippen molar-refractivity contribution in [2.75, 3.05) is 19.6 Å². The lowest BCUT2D eigenvalue weighted by Crippen LogP contribution is -2.42. The van der Waals surface area contributed by atoms with Gasteiger partial charge < -0.3 is 5.32 Å². The lowest BCUT2D eigenvalue weighted by molar-refractivity contribution is 0.183. The van der Waals surface area contributed by atoms with Crippen molar-refractivity contribution in [3.63, 3.8) is 0 Å². The molecule has 0 saturated carbocycles. The van der Waals surface area contributed by atoms with Crippen molar-refractivity contribution >= 4 is 11.3 Å². The third kappa shape index (κ3) is 5.51. The molecule has 0 bridgehead atoms. The maximum Gasteiger partial charge on any atom is 0.0331 e. The van der Waals surface area contributed by atoms with Gasteiger partial charge in [-0.2, -0.15) is 0 Å². The molecule has 2 nitrogen and oxygen atoms in total. The second kappa shape index (κ2) is 9.54. The van der Waals surface area contributed by atoms with Crippen molar-refractivity contribution in [2.45, 2.75) is 52.6 Å². The second-order valence-electron chi connectivity index (χ2n) is 4.79. The van der Waals surface area contributed by atoms with Gasteiger partial charge in [0.25, 0.3) is 0 Å². The Bertz CT molecular complexity index is 285. The van der Waals surface area contributed by atoms with Crippen LogP contribution in [-0.4, -0.2) is 30.6 Å². The highest BCUT2D eigenvalue weighted by Crippen LogP contribution is 2.15. The number of likely N-dealkylation sites (N-methyl/N-ethyl adjacent to an activating group) is 1. The summed E-state index contributed by atoms with van der Waals surface area (Å²) in [7, 11) is 0. The summed E-state index contributed by atoms with van der Waals surface area (Å²) in [6.45, 7) is 11.3. The van der Waals surface area contributed by atoms with Gasteiger partial charge in [0.05, 0.1) is 0 Å². The molecule has 1 unspecified atom stereocenters. The van der Waals surface area contributed by atoms with Crippen LogP contribution in [0.5, 0.6) is 0 Å². The first-order valence-electron chi connectivity index (χ1n) is 7.28. The standard InChI is InChI=1S/C15H28N2S/c1-4-8-14(12-16-10-5-2)17(6-3)13-15-9-7-11-18-15/h7,9,11,14,16H,4-6,8,10,12-13H2,1-3H3. The molecule has 104 valence electrons. The first-order chi connectivity index (χ1) is 8.81. The second-order valence-corrected chi connectivity index (χ2v) is 5.82. The SMILES string of the molecule is CCCNCC(CCC)N(CC)Cc1cccs1. The summed E-state index contributed by atoms with van der Waals surface area (Å²) in [6.07, 6.45) is 3.77. The van der Waals surface area contributed by atoms with E-state index in [1.807, 2.05) is 11.3 Å². The van der Waals surface area contributed by atoms with E-state index in [1.54, 1.807) is 0 Å². The van der Waals surface area contributed by atoms with Gasteiger partial charge in [-0.15, -0.1) is 11.3 Å². The monoisotopic (exact) mass is 268 g/mol. The van der Waals surface area contributed by atoms with Crippen LogP contribution in [0, 0.1) is 0 Å². The molecule has 0 aliphatic heterocycles. The molecule has 0 aliphatic carbocycles. The Hall–Kier alpha value is -0.380. The van der Waals surface area contributed by atoms with Crippen LogP contribution in [-0.2, 0) is 6.54 Å². The van der Waals surface area contributed by atoms with E-state index in [4.69, 9.17) is 0 Å². The first kappa shape index (κ1) is 15.7. The maximum absolute atomic E-state index is 3.58. The average Bonchev–Trinajstić information content (AvgIpc) is 2.88. The number of nitrogens with one attached hydrogen (secondary N) is 1. The van der Waals surface area contributed by atoms with Crippen LogP contribution >= 0.6 is 11.3 Å². The zero-order chi connectivity index (χ0) is 13.2. The van der Waals surface area contributed by atoms with Crippen LogP contribution in [0.3, 0.4) is 0 Å². The smallest absolute Gasteiger partial charge is 0.0331 e. The molecule has 18 heavy (non-hydrogen) atoms. The third-order valence-electron chi connectivity index (χ3n) is 3.29. The molecule has 3 heteroatoms. The molecular weight excluding hydrogens is 240 g/mol. The molecule has 1 rings (SSSR count). The first-order valence-corrected chi connectivity index (χ1v) is 8.16. The Labute approximate surface area is 116 Å². The molecule has 0 aliphatic rings. The summed E-state index contributed by atoms with van der Waals surface area (Å²) in [5, 5.41) is 5.75. The van der Waals surface area contributed by atoms with Crippen molar-refractivity contribution < 1.29 is 0 Å². The molecular formula is C15H28N2S. The van der Waals surface area contributed by atoms with Gasteiger partial charge in [-0.05, 0) is 37.4 Å². The molecule has 1 heterocycles. The molecule has 0 fully saturated rings. The number of thiophene rings is 1. The average molecular weight is 268 g/mol. The predicted molar refractivity (Wildman–Crippen MR) is 82.3 cm³/mol. The van der Waals surface area contributed by atoms with Crippen molar-refractivity contribution in [3.05, 3.63) is 22.4 Å². The third-order valence-corrected chi connectivity index (χ3v) is 4.15. The Kier molecular flexibility index (Phi) is 8.31. The summed E-state index contributed by atoms with van der Waals surface area (Å²) < 4.78 is 0. The highest BCUT2D eigenvalue weighted by atomic mass is 32.1. The van der Waals surface area contributed by atoms with E-state index in [1.165, 1.54) is 24.1 Å². The van der Waals surface area contributed by atoms with E-state index < -0.39 is 0 Å². The van der Waals surface area contributed by atoms with Crippen molar-refractivity contribution in [1.29, 1.82) is 0 Å². The molecule has 0 radical (unpaired) electrons. The quantitative estimate of drug-likeness (QED) is 0.650. The topological polar surface area (TPSA) is 15.3 Å². The van der Waals surface area contributed by atoms with E-state index in [0.29, 0.717) is 6.04 Å². The van der Waals surface area contributed by atoms with E-state index in [-0.39, 0.29) is 0 Å². The van der Waals surface area contributed by atoms with E-state index in [9.17, 15) is 0 Å². The summed E-state index contributed by atoms with van der Waals surface area (Å²) in [5.74, 6) is 0. The lowest BCUT2D eigenvalue weighted by Gasteiger charge is -2.30. The Morgan fingerprint density at radius 2 is 2.11 bits per heavy atom. The van der Waals surface area contributed by atoms with Crippen molar-refractivity contribution in [3.8, 4) is 0 Å². The van der Waals surface area contributed by atoms with Gasteiger partial charge in [0.1, 0.15) is 0 Å². The van der Waals surface area contributed by atoms with E-state index >= 15 is 0 Å². The fourth-order valence-electron chi connectivity index (χ4n) is 2.29. The highest BCUT2D eigenvalue weighted by molar-refractivity contribution is 7.09. The van der Waals surface area contributed by atoms with Gasteiger partial charge in [-0.3, -0.25) is 4.90 Å². The Morgan fingerprint density at radius 1 is 1.28 bits per heavy atom. The zero-order valence-electron chi connectivity index (χ0n) is 12.1. The normalized spacial score (nSPS) is 13.1. The van der Waals surface area contributed by atoms with Gasteiger partial charge in [-0.1, -0.05) is 33.3 Å². The summed E-state index contributed by atoms with van der Waals surface area (Å²) >= 11 is 1.87. The molecule has 0 saturated heterocycles. The minimum absolute atomic E-state index is 0.675. The number of hydrogen-bond donors (Lipinski definition) is 1. The summed E-state index contributed by atoms with van der Waals surface area (Å²) in [5.41, 5.74) is 0. The van der Waals surface area contributed by atoms with Gasteiger partial charge >= 0.3 is 0 Å². The van der Waals surface area contributed by atoms with Crippen LogP contribution in [0.4, 0.5) is 0 Å². The number of nitrogens with zero attached hydrogens (tertiary/aromatic N) is 1. The molecule has 0 spiro atoms. The van der Waals surface area contributed by atoms with Crippen LogP contribution in [0.15, 0.2) is 17.5 Å². The molecule has 1 atom stereocenters. The number of hydrogen-bond acceptors (Lipinski definition) is 3. The Balaban J connectivity index is 2.50. The molecule has 1 aromatic rings. The highest BCUT2D eigenvalue weighted by Gasteiger charge is 2.16. The predicted octanol–water partition coefficient (Wildman–Crippen LogP) is 3.74. The van der Waals surface area contributed by atoms with Crippen LogP contribution in [0.1, 0.15) is 44.9 Å². The molecule has 0 amide bonds. The summed E-state index contributed by atoms with van der Waals surface area (Å²) in [6, 6.07) is 5.07. The molecule has 1 N–H and O–H groups in total. The van der Waals surface area contributed by atoms with E-state index in [2.05, 4.69) is 48.5 Å². The molecule has 0 aromatic carbocycles. The van der Waals surface area contributed by atoms with Gasteiger partial charge in [0, 0.05) is 24.0 Å². The minimum Gasteiger partial charge on any atom is -0.315 e. The summed E-state index contributed by atoms with van der Waals surface area (Å²) in [4.78, 5) is 4.09. The maximum atomic E-state index is 3.58. The fourth-order valence-corrected chi connectivity index (χ4v) is 3.02. The minimum atomic E-state index is 0.675. The van der Waals surface area contributed by atoms with Crippen LogP contribution < -0.4 is 5.32 Å². The largest absolute Gasteiger partial charge is 0.315 e. The van der Waals surface area contributed by atoms with Crippen molar-refractivity contribution in [2.24, 2.45) is 0 Å².